The summed E-state index contributed by atoms with van der Waals surface area (Å²) in [6, 6.07) is 7.79. The molecule has 0 aromatic heterocycles. The Kier molecular flexibility index (Phi) is 14.7. The lowest BCUT2D eigenvalue weighted by Gasteiger charge is -2.49. The fourth-order valence-electron chi connectivity index (χ4n) is 5.71. The number of β-lactam (4-membered cyclic amide) rings is 1. The van der Waals surface area contributed by atoms with Crippen molar-refractivity contribution in [2.75, 3.05) is 25.1 Å². The van der Waals surface area contributed by atoms with Crippen LogP contribution in [0.2, 0.25) is 0 Å². The van der Waals surface area contributed by atoms with Gasteiger partial charge in [-0.25, -0.2) is 9.59 Å². The number of amides is 2. The van der Waals surface area contributed by atoms with Crippen LogP contribution in [0.1, 0.15) is 92.9 Å². The average molecular weight is 691 g/mol. The van der Waals surface area contributed by atoms with Gasteiger partial charge >= 0.3 is 11.9 Å². The molecule has 0 bridgehead atoms. The summed E-state index contributed by atoms with van der Waals surface area (Å²) in [5, 5.41) is 1.93. The van der Waals surface area contributed by atoms with Crippen LogP contribution in [-0.2, 0) is 33.4 Å². The van der Waals surface area contributed by atoms with Gasteiger partial charge in [-0.05, 0) is 70.7 Å². The smallest absolute Gasteiger partial charge is 0.355 e. The molecule has 260 valence electrons. The topological polar surface area (TPSA) is 128 Å². The second-order valence-electron chi connectivity index (χ2n) is 13.0. The summed E-state index contributed by atoms with van der Waals surface area (Å²) in [5.41, 5.74) is -0.437. The monoisotopic (exact) mass is 690 g/mol. The van der Waals surface area contributed by atoms with Gasteiger partial charge in [-0.15, -0.1) is 0 Å². The predicted molar refractivity (Wildman–Crippen MR) is 188 cm³/mol. The molecule has 47 heavy (non-hydrogen) atoms. The third-order valence-corrected chi connectivity index (χ3v) is 14.2. The molecule has 0 radical (unpaired) electrons. The van der Waals surface area contributed by atoms with E-state index in [0.717, 1.165) is 68.8 Å². The largest absolute Gasteiger partial charge is 0.484 e. The molecule has 10 nitrogen and oxygen atoms in total. The molecule has 3 atom stereocenters. The van der Waals surface area contributed by atoms with Gasteiger partial charge in [-0.1, -0.05) is 76.9 Å². The zero-order valence-corrected chi connectivity index (χ0v) is 30.4. The number of hydrogen-bond donors (Lipinski definition) is 1. The maximum absolute atomic E-state index is 14.4. The van der Waals surface area contributed by atoms with Gasteiger partial charge in [0.25, 0.3) is 11.8 Å². The number of cyclic esters (lactones) is 1. The van der Waals surface area contributed by atoms with Crippen LogP contribution in [0.5, 0.6) is 5.75 Å². The normalized spacial score (nSPS) is 19.4. The Hall–Kier alpha value is -3.00. The molecule has 2 saturated heterocycles. The number of para-hydroxylation sites is 1. The molecule has 2 amide bonds. The second-order valence-corrected chi connectivity index (χ2v) is 18.3. The maximum Gasteiger partial charge on any atom is 0.355 e. The van der Waals surface area contributed by atoms with Gasteiger partial charge in [0.2, 0.25) is 0 Å². The number of unbranched alkanes of at least 4 members (excludes halogenated alkanes) is 3. The van der Waals surface area contributed by atoms with Crippen LogP contribution in [0.4, 0.5) is 0 Å². The lowest BCUT2D eigenvalue weighted by Crippen LogP contribution is -2.72. The predicted octanol–water partition coefficient (Wildman–Crippen LogP) is 5.76. The SMILES string of the molecule is CCCCP(CCCC)(CCCC)=C(C(=O)OC(C)(C)C)N1C(=O)C(NC(=O)COc2ccccc2)C1SC(=C=O)[C@@H]1CCC(=O)O1. The number of thioether (sulfide) groups is 1. The Morgan fingerprint density at radius 3 is 2.11 bits per heavy atom. The summed E-state index contributed by atoms with van der Waals surface area (Å²) in [7, 11) is 0. The number of carbonyl (C=O) groups excluding carboxylic acids is 5. The molecule has 3 rings (SSSR count). The minimum Gasteiger partial charge on any atom is -0.484 e. The molecule has 2 fully saturated rings. The van der Waals surface area contributed by atoms with Crippen LogP contribution in [-0.4, -0.2) is 88.2 Å². The Morgan fingerprint density at radius 2 is 1.62 bits per heavy atom. The number of rotatable bonds is 18. The van der Waals surface area contributed by atoms with Gasteiger partial charge in [0.15, 0.2) is 6.61 Å². The molecule has 12 heteroatoms. The highest BCUT2D eigenvalue weighted by molar-refractivity contribution is 8.04. The maximum atomic E-state index is 14.4. The van der Waals surface area contributed by atoms with Crippen molar-refractivity contribution in [2.24, 2.45) is 0 Å². The standard InChI is InChI=1S/C35H51N2O8PS/c1-7-10-20-46(21-11-8-2,22-12-9-3)32(34(42)45-35(4,5)6)37-31(41)30(36-28(39)24-43-25-16-14-13-15-17-25)33(37)47-27(23-38)26-18-19-29(40)44-26/h13-17,26,30,33H,7-12,18-22,24H2,1-6H3,(H,36,39)/t26-,30?,33?/m0/s1. The van der Waals surface area contributed by atoms with Crippen molar-refractivity contribution in [1.29, 1.82) is 0 Å². The van der Waals surface area contributed by atoms with Crippen LogP contribution in [0.25, 0.3) is 0 Å². The second kappa shape index (κ2) is 18.0. The van der Waals surface area contributed by atoms with E-state index in [-0.39, 0.29) is 17.9 Å². The first-order valence-corrected chi connectivity index (χ1v) is 20.0. The molecule has 0 spiro atoms. The molecular weight excluding hydrogens is 639 g/mol. The van der Waals surface area contributed by atoms with Gasteiger partial charge in [0.1, 0.15) is 45.1 Å². The Bertz CT molecular complexity index is 1340. The summed E-state index contributed by atoms with van der Waals surface area (Å²) in [6.45, 7) is 9.12. The minimum atomic E-state index is -2.29. The molecule has 1 aromatic carbocycles. The zero-order valence-electron chi connectivity index (χ0n) is 28.7. The van der Waals surface area contributed by atoms with Crippen molar-refractivity contribution in [3.8, 4) is 5.75 Å². The highest BCUT2D eigenvalue weighted by atomic mass is 32.2. The lowest BCUT2D eigenvalue weighted by atomic mass is 10.1. The van der Waals surface area contributed by atoms with Gasteiger partial charge in [0, 0.05) is 12.8 Å². The quantitative estimate of drug-likeness (QED) is 0.0885. The Morgan fingerprint density at radius 1 is 1.02 bits per heavy atom. The van der Waals surface area contributed by atoms with E-state index < -0.39 is 53.8 Å². The summed E-state index contributed by atoms with van der Waals surface area (Å²) in [5.74, 6) is 0.509. The van der Waals surface area contributed by atoms with Gasteiger partial charge < -0.3 is 19.5 Å². The number of nitrogens with one attached hydrogen (secondary N) is 1. The van der Waals surface area contributed by atoms with E-state index in [4.69, 9.17) is 14.2 Å². The van der Waals surface area contributed by atoms with E-state index in [9.17, 15) is 24.0 Å². The molecule has 2 aliphatic heterocycles. The van der Waals surface area contributed by atoms with Crippen LogP contribution in [0.15, 0.2) is 35.2 Å². The van der Waals surface area contributed by atoms with Crippen LogP contribution < -0.4 is 10.1 Å². The number of esters is 2. The fourth-order valence-corrected chi connectivity index (χ4v) is 12.2. The van der Waals surface area contributed by atoms with Gasteiger partial charge in [0.05, 0.1) is 0 Å². The van der Waals surface area contributed by atoms with Gasteiger partial charge in [-0.2, -0.15) is 0 Å². The molecule has 2 aliphatic rings. The summed E-state index contributed by atoms with van der Waals surface area (Å²) in [4.78, 5) is 67.6. The lowest BCUT2D eigenvalue weighted by molar-refractivity contribution is -0.151. The number of likely N-dealkylation sites (tertiary alicyclic amines) is 1. The van der Waals surface area contributed by atoms with E-state index in [1.807, 2.05) is 12.0 Å². The highest BCUT2D eigenvalue weighted by Gasteiger charge is 2.55. The third-order valence-electron chi connectivity index (χ3n) is 8.08. The van der Waals surface area contributed by atoms with Crippen molar-refractivity contribution < 1.29 is 38.2 Å². The first kappa shape index (κ1) is 38.4. The van der Waals surface area contributed by atoms with Crippen LogP contribution in [0, 0.1) is 0 Å². The molecule has 1 aromatic rings. The minimum absolute atomic E-state index is 0.112. The number of carbonyl (C=O) groups is 4. The fraction of sp³-hybridized carbons (Fsp3) is 0.629. The molecule has 0 saturated carbocycles. The number of nitrogens with zero attached hydrogens (tertiary/aromatic N) is 1. The van der Waals surface area contributed by atoms with Gasteiger partial charge in [-0.3, -0.25) is 19.3 Å². The number of hydrogen-bond acceptors (Lipinski definition) is 9. The van der Waals surface area contributed by atoms with Crippen molar-refractivity contribution in [2.45, 2.75) is 116 Å². The number of benzene rings is 1. The average Bonchev–Trinajstić information content (AvgIpc) is 3.48. The summed E-state index contributed by atoms with van der Waals surface area (Å²) < 4.78 is 17.0. The van der Waals surface area contributed by atoms with Crippen LogP contribution >= 0.6 is 18.6 Å². The van der Waals surface area contributed by atoms with Crippen LogP contribution in [0.3, 0.4) is 0 Å². The first-order chi connectivity index (χ1) is 22.4. The Balaban J connectivity index is 2.13. The molecule has 0 aliphatic carbocycles. The Labute approximate surface area is 283 Å². The zero-order chi connectivity index (χ0) is 34.6. The van der Waals surface area contributed by atoms with E-state index in [1.165, 1.54) is 4.90 Å². The third kappa shape index (κ3) is 10.5. The van der Waals surface area contributed by atoms with Crippen molar-refractivity contribution in [3.63, 3.8) is 0 Å². The molecule has 1 N–H and O–H groups in total. The van der Waals surface area contributed by atoms with E-state index in [0.29, 0.717) is 17.6 Å². The number of ether oxygens (including phenoxy) is 3. The first-order valence-electron chi connectivity index (χ1n) is 16.8. The summed E-state index contributed by atoms with van der Waals surface area (Å²) >= 11 is 1.01. The van der Waals surface area contributed by atoms with E-state index in [1.54, 1.807) is 45.0 Å². The van der Waals surface area contributed by atoms with E-state index in [2.05, 4.69) is 26.1 Å². The molecule has 2 heterocycles. The van der Waals surface area contributed by atoms with Crippen molar-refractivity contribution in [3.05, 3.63) is 35.2 Å². The molecular formula is C35H51N2O8PS. The van der Waals surface area contributed by atoms with Crippen molar-refractivity contribution >= 4 is 53.8 Å². The molecule has 2 unspecified atom stereocenters. The highest BCUT2D eigenvalue weighted by Crippen LogP contribution is 2.55. The van der Waals surface area contributed by atoms with Crippen molar-refractivity contribution in [1.82, 2.24) is 10.2 Å². The summed E-state index contributed by atoms with van der Waals surface area (Å²) in [6.07, 6.45) is 7.50. The van der Waals surface area contributed by atoms with E-state index >= 15 is 0 Å².